The van der Waals surface area contributed by atoms with Crippen molar-refractivity contribution in [3.63, 3.8) is 0 Å². The minimum atomic E-state index is -5.01. The second-order valence-corrected chi connectivity index (χ2v) is 9.65. The molecular formula is C24H27F3N4O5. The van der Waals surface area contributed by atoms with E-state index in [-0.39, 0.29) is 36.6 Å². The number of ether oxygens (including phenoxy) is 1. The van der Waals surface area contributed by atoms with Crippen molar-refractivity contribution < 1.29 is 32.4 Å². The Bertz CT molecular complexity index is 1090. The van der Waals surface area contributed by atoms with Crippen LogP contribution in [-0.2, 0) is 20.7 Å². The van der Waals surface area contributed by atoms with E-state index in [2.05, 4.69) is 16.5 Å². The Hall–Kier alpha value is -3.12. The first-order valence-corrected chi connectivity index (χ1v) is 11.7. The van der Waals surface area contributed by atoms with Gasteiger partial charge in [0.2, 0.25) is 0 Å². The smallest absolute Gasteiger partial charge is 0.357 e. The predicted octanol–water partition coefficient (Wildman–Crippen LogP) is 3.08. The maximum atomic E-state index is 13.0. The molecule has 0 atom stereocenters. The number of alkyl halides is 3. The number of halogens is 3. The van der Waals surface area contributed by atoms with E-state index in [9.17, 15) is 32.9 Å². The predicted molar refractivity (Wildman–Crippen MR) is 124 cm³/mol. The standard InChI is InChI=1S/C24H27F3N4O5/c1-17(28-14-20(32)24(25,26)27)15-30-16-22(36-23(6-7-23)21(30)33)8-11-29(12-9-22)10-5-18-3-2-4-19(13-18)31(34)35/h2-4,13-14H,1,5-12,15-16H2. The molecule has 4 rings (SSSR count). The number of nitrogens with zero attached hydrogens (tertiary/aromatic N) is 4. The van der Waals surface area contributed by atoms with Gasteiger partial charge in [0.05, 0.1) is 35.5 Å². The van der Waals surface area contributed by atoms with Gasteiger partial charge in [-0.25, -0.2) is 0 Å². The number of carbonyl (C=O) groups is 2. The van der Waals surface area contributed by atoms with Gasteiger partial charge in [-0.3, -0.25) is 24.7 Å². The summed E-state index contributed by atoms with van der Waals surface area (Å²) >= 11 is 0. The quantitative estimate of drug-likeness (QED) is 0.304. The average Bonchev–Trinajstić information content (AvgIpc) is 3.60. The van der Waals surface area contributed by atoms with E-state index >= 15 is 0 Å². The molecule has 2 saturated heterocycles. The summed E-state index contributed by atoms with van der Waals surface area (Å²) in [7, 11) is 0. The summed E-state index contributed by atoms with van der Waals surface area (Å²) in [6, 6.07) is 6.57. The van der Waals surface area contributed by atoms with Gasteiger partial charge in [0.25, 0.3) is 17.4 Å². The SMILES string of the molecule is C=C(CN1CC2(CCN(CCc3cccc([N+](=O)[O-])c3)CC2)OC2(CC2)C1=O)N=CC(=O)C(F)(F)F. The summed E-state index contributed by atoms with van der Waals surface area (Å²) in [5, 5.41) is 11.0. The number of morpholine rings is 1. The van der Waals surface area contributed by atoms with Gasteiger partial charge in [0.1, 0.15) is 5.60 Å². The van der Waals surface area contributed by atoms with E-state index in [1.807, 2.05) is 6.07 Å². The molecule has 12 heteroatoms. The molecule has 9 nitrogen and oxygen atoms in total. The normalized spacial score (nSPS) is 21.3. The zero-order valence-electron chi connectivity index (χ0n) is 19.6. The largest absolute Gasteiger partial charge is 0.455 e. The highest BCUT2D eigenvalue weighted by Gasteiger charge is 2.61. The molecule has 2 aliphatic heterocycles. The lowest BCUT2D eigenvalue weighted by molar-refractivity contribution is -0.384. The summed E-state index contributed by atoms with van der Waals surface area (Å²) in [6.45, 7) is 5.97. The van der Waals surface area contributed by atoms with Crippen molar-refractivity contribution in [3.05, 3.63) is 52.2 Å². The minimum Gasteiger partial charge on any atom is -0.357 e. The Kier molecular flexibility index (Phi) is 7.02. The van der Waals surface area contributed by atoms with Crippen LogP contribution in [0.5, 0.6) is 0 Å². The minimum absolute atomic E-state index is 0.0109. The molecule has 0 unspecified atom stereocenters. The van der Waals surface area contributed by atoms with E-state index in [1.54, 1.807) is 12.1 Å². The van der Waals surface area contributed by atoms with Crippen LogP contribution < -0.4 is 0 Å². The third kappa shape index (κ3) is 5.81. The first-order chi connectivity index (χ1) is 16.9. The number of piperidine rings is 1. The third-order valence-corrected chi connectivity index (χ3v) is 6.89. The number of ketones is 1. The number of Topliss-reactive ketones (excluding diaryl/α,β-unsaturated/α-hetero) is 1. The third-order valence-electron chi connectivity index (χ3n) is 6.89. The number of likely N-dealkylation sites (tertiary alicyclic amines) is 1. The van der Waals surface area contributed by atoms with Gasteiger partial charge in [-0.05, 0) is 37.7 Å². The molecule has 194 valence electrons. The van der Waals surface area contributed by atoms with Gasteiger partial charge in [-0.15, -0.1) is 0 Å². The average molecular weight is 508 g/mol. The second kappa shape index (κ2) is 9.74. The molecule has 2 heterocycles. The summed E-state index contributed by atoms with van der Waals surface area (Å²) in [5.41, 5.74) is -0.528. The topological polar surface area (TPSA) is 105 Å². The van der Waals surface area contributed by atoms with Crippen molar-refractivity contribution in [1.29, 1.82) is 0 Å². The van der Waals surface area contributed by atoms with Crippen LogP contribution in [-0.4, -0.2) is 82.7 Å². The first kappa shape index (κ1) is 26.0. The highest BCUT2D eigenvalue weighted by molar-refractivity contribution is 6.30. The van der Waals surface area contributed by atoms with Gasteiger partial charge in [0.15, 0.2) is 0 Å². The molecule has 2 spiro atoms. The molecular weight excluding hydrogens is 481 g/mol. The van der Waals surface area contributed by atoms with Crippen LogP contribution in [0.25, 0.3) is 0 Å². The first-order valence-electron chi connectivity index (χ1n) is 11.7. The van der Waals surface area contributed by atoms with E-state index < -0.39 is 28.1 Å². The van der Waals surface area contributed by atoms with Crippen molar-refractivity contribution in [2.45, 2.75) is 49.5 Å². The lowest BCUT2D eigenvalue weighted by Crippen LogP contribution is -2.63. The molecule has 36 heavy (non-hydrogen) atoms. The Morgan fingerprint density at radius 2 is 1.94 bits per heavy atom. The summed E-state index contributed by atoms with van der Waals surface area (Å²) in [4.78, 5) is 41.9. The number of nitro groups is 1. The molecule has 0 N–H and O–H groups in total. The fraction of sp³-hybridized carbons (Fsp3) is 0.542. The number of rotatable bonds is 8. The van der Waals surface area contributed by atoms with Crippen LogP contribution in [0.15, 0.2) is 41.5 Å². The molecule has 1 amide bonds. The van der Waals surface area contributed by atoms with Crippen LogP contribution in [0.4, 0.5) is 18.9 Å². The van der Waals surface area contributed by atoms with Gasteiger partial charge in [-0.1, -0.05) is 18.7 Å². The molecule has 1 aliphatic carbocycles. The van der Waals surface area contributed by atoms with Crippen molar-refractivity contribution in [3.8, 4) is 0 Å². The Morgan fingerprint density at radius 1 is 1.25 bits per heavy atom. The fourth-order valence-electron chi connectivity index (χ4n) is 4.80. The van der Waals surface area contributed by atoms with Gasteiger partial charge < -0.3 is 14.5 Å². The van der Waals surface area contributed by atoms with Crippen molar-refractivity contribution >= 4 is 23.6 Å². The molecule has 0 bridgehead atoms. The number of hydrogen-bond acceptors (Lipinski definition) is 7. The van der Waals surface area contributed by atoms with E-state index in [4.69, 9.17) is 4.74 Å². The zero-order valence-corrected chi connectivity index (χ0v) is 19.6. The molecule has 0 aromatic heterocycles. The van der Waals surface area contributed by atoms with Gasteiger partial charge >= 0.3 is 6.18 Å². The van der Waals surface area contributed by atoms with Gasteiger partial charge in [0, 0.05) is 31.8 Å². The number of hydrogen-bond donors (Lipinski definition) is 0. The van der Waals surface area contributed by atoms with Crippen LogP contribution in [0.2, 0.25) is 0 Å². The summed E-state index contributed by atoms with van der Waals surface area (Å²) < 4.78 is 43.6. The molecule has 1 aromatic carbocycles. The molecule has 3 aliphatic rings. The Labute approximate surface area is 205 Å². The van der Waals surface area contributed by atoms with E-state index in [0.29, 0.717) is 45.2 Å². The zero-order chi connectivity index (χ0) is 26.1. The number of aliphatic imine (C=N–C) groups is 1. The fourth-order valence-corrected chi connectivity index (χ4v) is 4.80. The number of nitro benzene ring substituents is 1. The van der Waals surface area contributed by atoms with Crippen molar-refractivity contribution in [2.75, 3.05) is 32.7 Å². The van der Waals surface area contributed by atoms with Crippen molar-refractivity contribution in [2.24, 2.45) is 4.99 Å². The molecule has 1 saturated carbocycles. The van der Waals surface area contributed by atoms with E-state index in [0.717, 1.165) is 12.1 Å². The van der Waals surface area contributed by atoms with E-state index in [1.165, 1.54) is 11.0 Å². The lowest BCUT2D eigenvalue weighted by atomic mass is 9.87. The molecule has 1 aromatic rings. The number of amides is 1. The number of carbonyl (C=O) groups excluding carboxylic acids is 2. The summed E-state index contributed by atoms with van der Waals surface area (Å²) in [6.07, 6.45) is -1.66. The van der Waals surface area contributed by atoms with Crippen molar-refractivity contribution in [1.82, 2.24) is 9.80 Å². The molecule has 3 fully saturated rings. The maximum absolute atomic E-state index is 13.0. The number of non-ortho nitro benzene ring substituents is 1. The van der Waals surface area contributed by atoms with Crippen LogP contribution in [0.3, 0.4) is 0 Å². The molecule has 0 radical (unpaired) electrons. The lowest BCUT2D eigenvalue weighted by Gasteiger charge is -2.50. The van der Waals surface area contributed by atoms with Gasteiger partial charge in [-0.2, -0.15) is 13.2 Å². The number of benzene rings is 1. The maximum Gasteiger partial charge on any atom is 0.455 e. The highest BCUT2D eigenvalue weighted by atomic mass is 19.4. The van der Waals surface area contributed by atoms with Crippen LogP contribution in [0, 0.1) is 10.1 Å². The Balaban J connectivity index is 1.34. The Morgan fingerprint density at radius 3 is 2.56 bits per heavy atom. The van der Waals surface area contributed by atoms with Crippen LogP contribution >= 0.6 is 0 Å². The monoisotopic (exact) mass is 508 g/mol. The summed E-state index contributed by atoms with van der Waals surface area (Å²) in [5.74, 6) is -2.30. The second-order valence-electron chi connectivity index (χ2n) is 9.65. The highest BCUT2D eigenvalue weighted by Crippen LogP contribution is 2.50. The van der Waals surface area contributed by atoms with Crippen LogP contribution in [0.1, 0.15) is 31.2 Å².